The van der Waals surface area contributed by atoms with Gasteiger partial charge in [-0.25, -0.2) is 0 Å². The van der Waals surface area contributed by atoms with Gasteiger partial charge in [0.05, 0.1) is 25.4 Å². The molecule has 1 fully saturated rings. The SMILES string of the molecule is CCCCCCC/C=C\C/C=C\C/C=C\CCCCCCCCCCCCC(=O)NC(COC1OC(CO)C(O)C(O)C1O)C(O)/C=C/CC/C=C/CCCCCCCCCCCCCCCCCCCCCCCCCCCC. The zero-order valence-electron chi connectivity index (χ0n) is 52.3. The number of nitrogens with one attached hydrogen (secondary N) is 1. The Hall–Kier alpha value is -2.11. The molecule has 0 aromatic rings. The number of rotatable bonds is 60. The normalized spacial score (nSPS) is 18.8. The lowest BCUT2D eigenvalue weighted by atomic mass is 9.99. The Morgan fingerprint density at radius 1 is 0.425 bits per heavy atom. The van der Waals surface area contributed by atoms with E-state index in [1.165, 1.54) is 257 Å². The van der Waals surface area contributed by atoms with E-state index in [1.54, 1.807) is 6.08 Å². The number of carbonyl (C=O) groups excluding carboxylic acids is 1. The van der Waals surface area contributed by atoms with Crippen molar-refractivity contribution in [3.8, 4) is 0 Å². The van der Waals surface area contributed by atoms with Gasteiger partial charge in [0.1, 0.15) is 24.4 Å². The van der Waals surface area contributed by atoms with Crippen LogP contribution in [0.25, 0.3) is 0 Å². The van der Waals surface area contributed by atoms with Crippen molar-refractivity contribution in [3.63, 3.8) is 0 Å². The van der Waals surface area contributed by atoms with Crippen LogP contribution in [-0.4, -0.2) is 87.5 Å². The van der Waals surface area contributed by atoms with Gasteiger partial charge in [-0.15, -0.1) is 0 Å². The molecule has 0 radical (unpaired) electrons. The highest BCUT2D eigenvalue weighted by Crippen LogP contribution is 2.23. The maximum absolute atomic E-state index is 13.1. The molecule has 9 nitrogen and oxygen atoms in total. The molecular weight excluding hydrogens is 995 g/mol. The second-order valence-electron chi connectivity index (χ2n) is 24.0. The van der Waals surface area contributed by atoms with E-state index in [9.17, 15) is 30.3 Å². The first kappa shape index (κ1) is 75.9. The van der Waals surface area contributed by atoms with Crippen LogP contribution >= 0.6 is 0 Å². The van der Waals surface area contributed by atoms with Crippen molar-refractivity contribution in [2.75, 3.05) is 13.2 Å². The van der Waals surface area contributed by atoms with E-state index in [0.29, 0.717) is 6.42 Å². The third kappa shape index (κ3) is 48.3. The van der Waals surface area contributed by atoms with Gasteiger partial charge in [-0.05, 0) is 70.6 Å². The number of unbranched alkanes of at least 4 members (excludes halogenated alkanes) is 42. The fourth-order valence-corrected chi connectivity index (χ4v) is 10.9. The van der Waals surface area contributed by atoms with E-state index in [4.69, 9.17) is 9.47 Å². The molecule has 468 valence electrons. The standard InChI is InChI=1S/C71H131NO8/c1-3-5-7-9-11-13-15-17-19-21-23-25-27-29-30-31-32-33-34-35-37-38-40-42-44-46-48-50-52-54-56-58-60-65(74)64(63-79-71-70(78)69(77)68(76)66(62-73)80-71)72-67(75)61-59-57-55-53-51-49-47-45-43-41-39-36-28-26-24-22-20-18-16-14-12-10-8-6-4-2/h16,18,22,24,28,36,50,52,58,60,64-66,68-71,73-74,76-78H,3-15,17,19-21,23,25-27,29-35,37-49,51,53-57,59,61-63H2,1-2H3,(H,72,75)/b18-16-,24-22-,36-28-,52-50+,60-58+. The fourth-order valence-electron chi connectivity index (χ4n) is 10.9. The van der Waals surface area contributed by atoms with Gasteiger partial charge >= 0.3 is 0 Å². The van der Waals surface area contributed by atoms with E-state index in [0.717, 1.165) is 51.4 Å². The second kappa shape index (κ2) is 60.0. The van der Waals surface area contributed by atoms with Gasteiger partial charge in [0.2, 0.25) is 5.91 Å². The van der Waals surface area contributed by atoms with Crippen molar-refractivity contribution in [2.45, 2.75) is 371 Å². The van der Waals surface area contributed by atoms with Crippen LogP contribution in [0.3, 0.4) is 0 Å². The average molecular weight is 1130 g/mol. The quantitative estimate of drug-likeness (QED) is 0.0261. The summed E-state index contributed by atoms with van der Waals surface area (Å²) in [5.74, 6) is -0.188. The summed E-state index contributed by atoms with van der Waals surface area (Å²) in [5, 5.41) is 54.7. The van der Waals surface area contributed by atoms with Crippen LogP contribution in [0, 0.1) is 0 Å². The topological polar surface area (TPSA) is 149 Å². The van der Waals surface area contributed by atoms with Crippen molar-refractivity contribution in [3.05, 3.63) is 60.8 Å². The number of aliphatic hydroxyl groups is 5. The van der Waals surface area contributed by atoms with Crippen molar-refractivity contribution < 1.29 is 39.8 Å². The molecule has 0 bridgehead atoms. The van der Waals surface area contributed by atoms with Gasteiger partial charge in [-0.3, -0.25) is 4.79 Å². The number of hydrogen-bond acceptors (Lipinski definition) is 8. The Morgan fingerprint density at radius 3 is 1.14 bits per heavy atom. The largest absolute Gasteiger partial charge is 0.394 e. The van der Waals surface area contributed by atoms with Crippen LogP contribution in [0.5, 0.6) is 0 Å². The summed E-state index contributed by atoms with van der Waals surface area (Å²) in [6, 6.07) is -0.828. The maximum Gasteiger partial charge on any atom is 0.220 e. The molecule has 0 aromatic carbocycles. The lowest BCUT2D eigenvalue weighted by molar-refractivity contribution is -0.302. The average Bonchev–Trinajstić information content (AvgIpc) is 3.46. The summed E-state index contributed by atoms with van der Waals surface area (Å²) in [6.07, 6.45) is 76.1. The maximum atomic E-state index is 13.1. The first-order valence-corrected chi connectivity index (χ1v) is 34.5. The second-order valence-corrected chi connectivity index (χ2v) is 24.0. The predicted molar refractivity (Wildman–Crippen MR) is 341 cm³/mol. The van der Waals surface area contributed by atoms with Crippen molar-refractivity contribution in [1.82, 2.24) is 5.32 Å². The van der Waals surface area contributed by atoms with Crippen molar-refractivity contribution in [2.24, 2.45) is 0 Å². The Balaban J connectivity index is 2.16. The summed E-state index contributed by atoms with van der Waals surface area (Å²) < 4.78 is 11.3. The molecule has 0 spiro atoms. The van der Waals surface area contributed by atoms with E-state index < -0.39 is 49.5 Å². The molecule has 1 amide bonds. The van der Waals surface area contributed by atoms with Crippen LogP contribution < -0.4 is 5.32 Å². The van der Waals surface area contributed by atoms with Crippen LogP contribution in [0.2, 0.25) is 0 Å². The minimum Gasteiger partial charge on any atom is -0.394 e. The molecule has 80 heavy (non-hydrogen) atoms. The summed E-state index contributed by atoms with van der Waals surface area (Å²) in [6.45, 7) is 3.79. The Bertz CT molecular complexity index is 1450. The summed E-state index contributed by atoms with van der Waals surface area (Å²) in [4.78, 5) is 13.1. The molecule has 1 heterocycles. The van der Waals surface area contributed by atoms with E-state index in [-0.39, 0.29) is 12.5 Å². The lowest BCUT2D eigenvalue weighted by Gasteiger charge is -2.40. The number of ether oxygens (including phenoxy) is 2. The fraction of sp³-hybridized carbons (Fsp3) is 0.845. The molecule has 1 aliphatic rings. The number of aliphatic hydroxyl groups excluding tert-OH is 5. The highest BCUT2D eigenvalue weighted by Gasteiger charge is 2.44. The predicted octanol–water partition coefficient (Wildman–Crippen LogP) is 18.6. The summed E-state index contributed by atoms with van der Waals surface area (Å²) in [5.41, 5.74) is 0. The number of amides is 1. The third-order valence-corrected chi connectivity index (χ3v) is 16.3. The monoisotopic (exact) mass is 1130 g/mol. The first-order valence-electron chi connectivity index (χ1n) is 34.5. The number of allylic oxidation sites excluding steroid dienone is 9. The molecule has 7 atom stereocenters. The van der Waals surface area contributed by atoms with Gasteiger partial charge in [0, 0.05) is 6.42 Å². The zero-order chi connectivity index (χ0) is 57.9. The smallest absolute Gasteiger partial charge is 0.220 e. The molecule has 6 N–H and O–H groups in total. The minimum atomic E-state index is -1.58. The summed E-state index contributed by atoms with van der Waals surface area (Å²) in [7, 11) is 0. The number of carbonyl (C=O) groups is 1. The molecule has 0 saturated carbocycles. The van der Waals surface area contributed by atoms with Gasteiger partial charge < -0.3 is 40.3 Å². The number of hydrogen-bond donors (Lipinski definition) is 6. The van der Waals surface area contributed by atoms with Crippen LogP contribution in [0.1, 0.15) is 328 Å². The Kier molecular flexibility index (Phi) is 57.0. The molecule has 7 unspecified atom stereocenters. The molecule has 1 rings (SSSR count). The third-order valence-electron chi connectivity index (χ3n) is 16.3. The van der Waals surface area contributed by atoms with Gasteiger partial charge in [-0.2, -0.15) is 0 Å². The highest BCUT2D eigenvalue weighted by atomic mass is 16.7. The van der Waals surface area contributed by atoms with Crippen molar-refractivity contribution >= 4 is 5.91 Å². The molecule has 0 aliphatic carbocycles. The Morgan fingerprint density at radius 2 is 0.750 bits per heavy atom. The molecule has 9 heteroatoms. The van der Waals surface area contributed by atoms with Crippen LogP contribution in [0.15, 0.2) is 60.8 Å². The molecule has 1 aliphatic heterocycles. The zero-order valence-corrected chi connectivity index (χ0v) is 52.3. The molecule has 1 saturated heterocycles. The van der Waals surface area contributed by atoms with Gasteiger partial charge in [-0.1, -0.05) is 312 Å². The Labute approximate surface area is 494 Å². The lowest BCUT2D eigenvalue weighted by Crippen LogP contribution is -2.60. The van der Waals surface area contributed by atoms with E-state index in [1.807, 2.05) is 6.08 Å². The van der Waals surface area contributed by atoms with Gasteiger partial charge in [0.15, 0.2) is 6.29 Å². The molecule has 0 aromatic heterocycles. The minimum absolute atomic E-state index is 0.188. The van der Waals surface area contributed by atoms with Gasteiger partial charge in [0.25, 0.3) is 0 Å². The van der Waals surface area contributed by atoms with Crippen LogP contribution in [-0.2, 0) is 14.3 Å². The van der Waals surface area contributed by atoms with E-state index in [2.05, 4.69) is 67.8 Å². The highest BCUT2D eigenvalue weighted by molar-refractivity contribution is 5.76. The molecular formula is C71H131NO8. The van der Waals surface area contributed by atoms with Crippen LogP contribution in [0.4, 0.5) is 0 Å². The van der Waals surface area contributed by atoms with Crippen molar-refractivity contribution in [1.29, 1.82) is 0 Å². The van der Waals surface area contributed by atoms with E-state index >= 15 is 0 Å². The first-order chi connectivity index (χ1) is 39.3. The summed E-state index contributed by atoms with van der Waals surface area (Å²) >= 11 is 0.